The van der Waals surface area contributed by atoms with Crippen molar-refractivity contribution in [3.05, 3.63) is 35.1 Å². The Balaban J connectivity index is 2.35. The monoisotopic (exact) mass is 306 g/mol. The predicted octanol–water partition coefficient (Wildman–Crippen LogP) is 2.64. The summed E-state index contributed by atoms with van der Waals surface area (Å²) in [5, 5.41) is 3.07. The summed E-state index contributed by atoms with van der Waals surface area (Å²) in [6.45, 7) is 8.50. The maximum absolute atomic E-state index is 14.0. The standard InChI is InChI=1S/C16H24BFN2O2/c1-15(2)16(3,4)22-17(21-15)12(10-20-5)8-11-9-13(19)6-7-14(11)18/h6-9,20H,10,19H2,1-5H3. The third-order valence-electron chi connectivity index (χ3n) is 4.30. The van der Waals surface area contributed by atoms with Crippen LogP contribution in [0, 0.1) is 5.82 Å². The van der Waals surface area contributed by atoms with E-state index in [-0.39, 0.29) is 5.82 Å². The van der Waals surface area contributed by atoms with E-state index in [0.29, 0.717) is 17.8 Å². The van der Waals surface area contributed by atoms with Crippen molar-refractivity contribution >= 4 is 18.9 Å². The number of anilines is 1. The third-order valence-corrected chi connectivity index (χ3v) is 4.30. The van der Waals surface area contributed by atoms with Crippen LogP contribution in [0.15, 0.2) is 23.7 Å². The summed E-state index contributed by atoms with van der Waals surface area (Å²) in [5.74, 6) is -0.320. The molecule has 4 nitrogen and oxygen atoms in total. The van der Waals surface area contributed by atoms with E-state index >= 15 is 0 Å². The second-order valence-corrected chi connectivity index (χ2v) is 6.62. The molecule has 0 radical (unpaired) electrons. The molecule has 0 atom stereocenters. The molecule has 1 heterocycles. The fourth-order valence-corrected chi connectivity index (χ4v) is 2.27. The smallest absolute Gasteiger partial charge is 0.400 e. The summed E-state index contributed by atoms with van der Waals surface area (Å²) in [5.41, 5.74) is 6.65. The maximum atomic E-state index is 14.0. The summed E-state index contributed by atoms with van der Waals surface area (Å²) in [6, 6.07) is 4.51. The molecular formula is C16H24BFN2O2. The van der Waals surface area contributed by atoms with E-state index in [4.69, 9.17) is 15.0 Å². The average molecular weight is 306 g/mol. The second-order valence-electron chi connectivity index (χ2n) is 6.62. The van der Waals surface area contributed by atoms with Crippen LogP contribution in [0.5, 0.6) is 0 Å². The Morgan fingerprint density at radius 1 is 1.27 bits per heavy atom. The highest BCUT2D eigenvalue weighted by molar-refractivity contribution is 6.55. The fraction of sp³-hybridized carbons (Fsp3) is 0.500. The van der Waals surface area contributed by atoms with E-state index in [1.54, 1.807) is 18.2 Å². The number of benzene rings is 1. The zero-order chi connectivity index (χ0) is 16.5. The van der Waals surface area contributed by atoms with Crippen molar-refractivity contribution in [2.75, 3.05) is 19.3 Å². The van der Waals surface area contributed by atoms with Crippen LogP contribution in [0.1, 0.15) is 33.3 Å². The number of rotatable bonds is 4. The fourth-order valence-electron chi connectivity index (χ4n) is 2.27. The van der Waals surface area contributed by atoms with Crippen LogP contribution in [0.4, 0.5) is 10.1 Å². The Kier molecular flexibility index (Phi) is 4.66. The van der Waals surface area contributed by atoms with Crippen molar-refractivity contribution in [1.82, 2.24) is 5.32 Å². The van der Waals surface area contributed by atoms with E-state index in [1.165, 1.54) is 6.07 Å². The molecule has 0 unspecified atom stereocenters. The zero-order valence-corrected chi connectivity index (χ0v) is 13.9. The molecule has 1 fully saturated rings. The Morgan fingerprint density at radius 3 is 2.41 bits per heavy atom. The Morgan fingerprint density at radius 2 is 1.86 bits per heavy atom. The van der Waals surface area contributed by atoms with Gasteiger partial charge in [-0.25, -0.2) is 4.39 Å². The van der Waals surface area contributed by atoms with Gasteiger partial charge >= 0.3 is 7.12 Å². The molecule has 0 aliphatic carbocycles. The van der Waals surface area contributed by atoms with Gasteiger partial charge in [0.1, 0.15) is 5.82 Å². The van der Waals surface area contributed by atoms with Gasteiger partial charge in [0.25, 0.3) is 0 Å². The average Bonchev–Trinajstić information content (AvgIpc) is 2.62. The maximum Gasteiger partial charge on any atom is 0.491 e. The lowest BCUT2D eigenvalue weighted by Gasteiger charge is -2.32. The first kappa shape index (κ1) is 17.0. The molecule has 22 heavy (non-hydrogen) atoms. The molecule has 120 valence electrons. The summed E-state index contributed by atoms with van der Waals surface area (Å²) in [6.07, 6.45) is 1.74. The summed E-state index contributed by atoms with van der Waals surface area (Å²) in [4.78, 5) is 0. The minimum Gasteiger partial charge on any atom is -0.400 e. The van der Waals surface area contributed by atoms with Gasteiger partial charge in [0.15, 0.2) is 0 Å². The number of nitrogens with two attached hydrogens (primary N) is 1. The molecule has 3 N–H and O–H groups in total. The van der Waals surface area contributed by atoms with Crippen LogP contribution >= 0.6 is 0 Å². The minimum atomic E-state index is -0.515. The molecule has 6 heteroatoms. The molecule has 0 amide bonds. The quantitative estimate of drug-likeness (QED) is 0.663. The van der Waals surface area contributed by atoms with Crippen LogP contribution in [-0.4, -0.2) is 31.9 Å². The Hall–Kier alpha value is -1.37. The number of halogens is 1. The highest BCUT2D eigenvalue weighted by Crippen LogP contribution is 2.38. The van der Waals surface area contributed by atoms with Gasteiger partial charge in [-0.15, -0.1) is 0 Å². The molecule has 0 aromatic heterocycles. The van der Waals surface area contributed by atoms with Crippen molar-refractivity contribution < 1.29 is 13.7 Å². The van der Waals surface area contributed by atoms with Gasteiger partial charge in [0.05, 0.1) is 11.2 Å². The zero-order valence-electron chi connectivity index (χ0n) is 13.9. The van der Waals surface area contributed by atoms with Gasteiger partial charge in [-0.3, -0.25) is 0 Å². The normalized spacial score (nSPS) is 20.5. The number of hydrogen-bond acceptors (Lipinski definition) is 4. The van der Waals surface area contributed by atoms with Gasteiger partial charge < -0.3 is 20.4 Å². The van der Waals surface area contributed by atoms with Crippen LogP contribution in [0.3, 0.4) is 0 Å². The molecule has 1 aliphatic rings. The van der Waals surface area contributed by atoms with Gasteiger partial charge in [-0.1, -0.05) is 6.08 Å². The lowest BCUT2D eigenvalue weighted by atomic mass is 9.77. The molecule has 0 bridgehead atoms. The first-order valence-electron chi connectivity index (χ1n) is 7.42. The predicted molar refractivity (Wildman–Crippen MR) is 88.8 cm³/mol. The number of hydrogen-bond donors (Lipinski definition) is 2. The number of nitrogens with one attached hydrogen (secondary N) is 1. The van der Waals surface area contributed by atoms with Crippen LogP contribution in [-0.2, 0) is 9.31 Å². The molecule has 2 rings (SSSR count). The van der Waals surface area contributed by atoms with Gasteiger partial charge in [0, 0.05) is 17.8 Å². The van der Waals surface area contributed by atoms with E-state index in [9.17, 15) is 4.39 Å². The largest absolute Gasteiger partial charge is 0.491 e. The van der Waals surface area contributed by atoms with Crippen LogP contribution in [0.2, 0.25) is 0 Å². The molecule has 0 saturated carbocycles. The highest BCUT2D eigenvalue weighted by Gasteiger charge is 2.52. The molecule has 1 aliphatic heterocycles. The van der Waals surface area contributed by atoms with Crippen LogP contribution < -0.4 is 11.1 Å². The summed E-state index contributed by atoms with van der Waals surface area (Å²) < 4.78 is 26.0. The first-order chi connectivity index (χ1) is 10.2. The summed E-state index contributed by atoms with van der Waals surface area (Å²) in [7, 11) is 1.31. The van der Waals surface area contributed by atoms with Gasteiger partial charge in [-0.2, -0.15) is 0 Å². The topological polar surface area (TPSA) is 56.5 Å². The van der Waals surface area contributed by atoms with Crippen molar-refractivity contribution in [3.8, 4) is 0 Å². The van der Waals surface area contributed by atoms with E-state index in [0.717, 1.165) is 5.47 Å². The molecule has 1 aromatic carbocycles. The van der Waals surface area contributed by atoms with E-state index in [2.05, 4.69) is 5.32 Å². The highest BCUT2D eigenvalue weighted by atomic mass is 19.1. The van der Waals surface area contributed by atoms with Crippen molar-refractivity contribution in [3.63, 3.8) is 0 Å². The minimum absolute atomic E-state index is 0.320. The first-order valence-corrected chi connectivity index (χ1v) is 7.42. The van der Waals surface area contributed by atoms with Crippen LogP contribution in [0.25, 0.3) is 6.08 Å². The van der Waals surface area contributed by atoms with Gasteiger partial charge in [0.2, 0.25) is 0 Å². The van der Waals surface area contributed by atoms with Crippen molar-refractivity contribution in [2.24, 2.45) is 0 Å². The Bertz CT molecular complexity index is 572. The second kappa shape index (κ2) is 6.03. The number of likely N-dealkylation sites (N-methyl/N-ethyl adjacent to an activating group) is 1. The van der Waals surface area contributed by atoms with Crippen molar-refractivity contribution in [2.45, 2.75) is 38.9 Å². The van der Waals surface area contributed by atoms with E-state index < -0.39 is 18.3 Å². The molecular weight excluding hydrogens is 282 g/mol. The SMILES string of the molecule is CNCC(=Cc1cc(N)ccc1F)B1OC(C)(C)C(C)(C)O1. The Labute approximate surface area is 132 Å². The molecule has 1 aromatic rings. The molecule has 0 spiro atoms. The van der Waals surface area contributed by atoms with Gasteiger partial charge in [-0.05, 0) is 58.4 Å². The lowest BCUT2D eigenvalue weighted by molar-refractivity contribution is 0.00578. The van der Waals surface area contributed by atoms with Crippen molar-refractivity contribution in [1.29, 1.82) is 0 Å². The summed E-state index contributed by atoms with van der Waals surface area (Å²) >= 11 is 0. The van der Waals surface area contributed by atoms with E-state index in [1.807, 2.05) is 34.7 Å². The lowest BCUT2D eigenvalue weighted by Crippen LogP contribution is -2.41. The molecule has 1 saturated heterocycles. The number of nitrogen functional groups attached to an aromatic ring is 1. The third kappa shape index (κ3) is 3.34.